The Morgan fingerprint density at radius 2 is 1.93 bits per heavy atom. The van der Waals surface area contributed by atoms with Gasteiger partial charge < -0.3 is 14.5 Å². The fourth-order valence-electron chi connectivity index (χ4n) is 8.01. The van der Waals surface area contributed by atoms with E-state index in [4.69, 9.17) is 26.3 Å². The third-order valence-electron chi connectivity index (χ3n) is 10.2. The smallest absolute Gasteiger partial charge is 0.319 e. The molecular weight excluding hydrogens is 565 g/mol. The average molecular weight is 598 g/mol. The van der Waals surface area contributed by atoms with Gasteiger partial charge in [-0.1, -0.05) is 48.5 Å². The van der Waals surface area contributed by atoms with Gasteiger partial charge in [-0.05, 0) is 86.0 Å². The number of carbonyl (C=O) groups excluding carboxylic acids is 1. The maximum absolute atomic E-state index is 14.5. The van der Waals surface area contributed by atoms with Crippen LogP contribution in [0.25, 0.3) is 32.8 Å². The zero-order valence-corrected chi connectivity index (χ0v) is 24.7. The Morgan fingerprint density at radius 1 is 1.09 bits per heavy atom. The molecule has 3 aromatic carbocycles. The second kappa shape index (κ2) is 10.2. The number of amides is 1. The van der Waals surface area contributed by atoms with Crippen LogP contribution in [0.5, 0.6) is 6.01 Å². The Hall–Kier alpha value is -3.75. The Morgan fingerprint density at radius 3 is 2.74 bits per heavy atom. The Bertz CT molecular complexity index is 1790. The summed E-state index contributed by atoms with van der Waals surface area (Å²) in [6.07, 6.45) is 6.95. The van der Waals surface area contributed by atoms with Gasteiger partial charge in [0.25, 0.3) is 0 Å². The summed E-state index contributed by atoms with van der Waals surface area (Å²) >= 11 is 6.50. The first-order valence-electron chi connectivity index (χ1n) is 15.2. The van der Waals surface area contributed by atoms with Gasteiger partial charge in [-0.15, -0.1) is 0 Å². The molecule has 220 valence electrons. The standard InChI is InChI=1S/C34H33ClFN5O2/c1-2-29(42)40-17-12-27-28(40)19-41(27)32-24-10-8-22(23-7-3-6-21-9-11-25(36)31(35)30(21)23)18-26(24)37-33(38-32)43-20-34-13-4-15-39(34)16-5-14-34/h2-3,6-11,18,27-28H,1,4-5,12-17,19-20H2/t27-,28-/m1/s1. The topological polar surface area (TPSA) is 61.8 Å². The van der Waals surface area contributed by atoms with Gasteiger partial charge in [0.15, 0.2) is 0 Å². The number of ether oxygens (including phenoxy) is 1. The van der Waals surface area contributed by atoms with Crippen molar-refractivity contribution in [3.8, 4) is 17.1 Å². The number of likely N-dealkylation sites (tertiary alicyclic amines) is 1. The molecule has 5 heterocycles. The Kier molecular flexibility index (Phi) is 6.35. The van der Waals surface area contributed by atoms with Crippen LogP contribution in [0, 0.1) is 5.82 Å². The minimum Gasteiger partial charge on any atom is -0.461 e. The minimum atomic E-state index is -0.442. The van der Waals surface area contributed by atoms with Crippen LogP contribution in [0.4, 0.5) is 10.2 Å². The molecule has 0 unspecified atom stereocenters. The molecule has 9 heteroatoms. The van der Waals surface area contributed by atoms with E-state index in [2.05, 4.69) is 16.4 Å². The number of aromatic nitrogens is 2. The molecule has 4 saturated heterocycles. The molecule has 8 rings (SSSR count). The molecule has 0 aliphatic carbocycles. The van der Waals surface area contributed by atoms with Crippen LogP contribution in [-0.2, 0) is 4.79 Å². The van der Waals surface area contributed by atoms with E-state index >= 15 is 0 Å². The number of benzene rings is 3. The highest BCUT2D eigenvalue weighted by molar-refractivity contribution is 6.36. The van der Waals surface area contributed by atoms with Crippen molar-refractivity contribution in [3.05, 3.63) is 72.0 Å². The van der Waals surface area contributed by atoms with E-state index in [0.717, 1.165) is 65.6 Å². The molecule has 0 radical (unpaired) electrons. The molecule has 0 N–H and O–H groups in total. The van der Waals surface area contributed by atoms with Crippen molar-refractivity contribution in [2.24, 2.45) is 0 Å². The van der Waals surface area contributed by atoms with Crippen LogP contribution in [-0.4, -0.2) is 76.1 Å². The molecule has 4 aromatic rings. The van der Waals surface area contributed by atoms with Gasteiger partial charge in [0, 0.05) is 23.9 Å². The molecule has 1 amide bonds. The van der Waals surface area contributed by atoms with Gasteiger partial charge in [0.1, 0.15) is 18.2 Å². The van der Waals surface area contributed by atoms with Gasteiger partial charge in [-0.25, -0.2) is 4.39 Å². The quantitative estimate of drug-likeness (QED) is 0.246. The van der Waals surface area contributed by atoms with Crippen LogP contribution in [0.2, 0.25) is 5.02 Å². The Balaban J connectivity index is 1.20. The molecule has 0 spiro atoms. The third-order valence-corrected chi connectivity index (χ3v) is 10.6. The number of hydrogen-bond donors (Lipinski definition) is 0. The lowest BCUT2D eigenvalue weighted by Crippen LogP contribution is -2.63. The van der Waals surface area contributed by atoms with Crippen molar-refractivity contribution in [2.75, 3.05) is 37.7 Å². The second-order valence-electron chi connectivity index (χ2n) is 12.3. The number of anilines is 1. The first kappa shape index (κ1) is 26.8. The van der Waals surface area contributed by atoms with Crippen LogP contribution in [0.15, 0.2) is 61.2 Å². The minimum absolute atomic E-state index is 0.0181. The van der Waals surface area contributed by atoms with E-state index in [1.807, 2.05) is 41.3 Å². The summed E-state index contributed by atoms with van der Waals surface area (Å²) in [6, 6.07) is 15.8. The van der Waals surface area contributed by atoms with Gasteiger partial charge >= 0.3 is 6.01 Å². The van der Waals surface area contributed by atoms with Crippen molar-refractivity contribution in [1.29, 1.82) is 0 Å². The highest BCUT2D eigenvalue weighted by Crippen LogP contribution is 2.42. The molecule has 4 aliphatic heterocycles. The third kappa shape index (κ3) is 4.21. The van der Waals surface area contributed by atoms with Crippen molar-refractivity contribution in [2.45, 2.75) is 49.7 Å². The van der Waals surface area contributed by atoms with Crippen LogP contribution >= 0.6 is 11.6 Å². The van der Waals surface area contributed by atoms with Crippen molar-refractivity contribution < 1.29 is 13.9 Å². The van der Waals surface area contributed by atoms with Crippen LogP contribution in [0.3, 0.4) is 0 Å². The second-order valence-corrected chi connectivity index (χ2v) is 12.7. The maximum atomic E-state index is 14.5. The number of fused-ring (bicyclic) bond motifs is 4. The average Bonchev–Trinajstić information content (AvgIpc) is 3.69. The first-order valence-corrected chi connectivity index (χ1v) is 15.6. The number of carbonyl (C=O) groups is 1. The lowest BCUT2D eigenvalue weighted by atomic mass is 9.95. The molecular formula is C34H33ClFN5O2. The van der Waals surface area contributed by atoms with E-state index < -0.39 is 5.82 Å². The van der Waals surface area contributed by atoms with E-state index in [-0.39, 0.29) is 28.6 Å². The fraction of sp³-hybridized carbons (Fsp3) is 0.382. The molecule has 0 saturated carbocycles. The molecule has 4 fully saturated rings. The first-order chi connectivity index (χ1) is 21.0. The predicted molar refractivity (Wildman–Crippen MR) is 167 cm³/mol. The van der Waals surface area contributed by atoms with E-state index in [1.165, 1.54) is 25.0 Å². The number of nitrogens with zero attached hydrogens (tertiary/aromatic N) is 5. The van der Waals surface area contributed by atoms with Gasteiger partial charge in [-0.2, -0.15) is 9.97 Å². The predicted octanol–water partition coefficient (Wildman–Crippen LogP) is 6.23. The van der Waals surface area contributed by atoms with Crippen molar-refractivity contribution >= 4 is 45.0 Å². The molecule has 1 aromatic heterocycles. The number of hydrogen-bond acceptors (Lipinski definition) is 6. The highest BCUT2D eigenvalue weighted by atomic mass is 35.5. The summed E-state index contributed by atoms with van der Waals surface area (Å²) in [5, 5.41) is 2.59. The maximum Gasteiger partial charge on any atom is 0.319 e. The van der Waals surface area contributed by atoms with Crippen LogP contribution < -0.4 is 9.64 Å². The van der Waals surface area contributed by atoms with Gasteiger partial charge in [0.05, 0.1) is 28.2 Å². The van der Waals surface area contributed by atoms with Crippen molar-refractivity contribution in [1.82, 2.24) is 19.8 Å². The summed E-state index contributed by atoms with van der Waals surface area (Å²) in [7, 11) is 0. The monoisotopic (exact) mass is 597 g/mol. The highest BCUT2D eigenvalue weighted by Gasteiger charge is 2.49. The normalized spacial score (nSPS) is 22.6. The molecule has 4 aliphatic rings. The number of halogens is 2. The molecule has 0 bridgehead atoms. The van der Waals surface area contributed by atoms with Crippen molar-refractivity contribution in [3.63, 3.8) is 0 Å². The Labute approximate surface area is 254 Å². The summed E-state index contributed by atoms with van der Waals surface area (Å²) in [4.78, 5) is 29.1. The summed E-state index contributed by atoms with van der Waals surface area (Å²) in [6.45, 7) is 7.92. The van der Waals surface area contributed by atoms with E-state index in [1.54, 1.807) is 6.07 Å². The molecule has 43 heavy (non-hydrogen) atoms. The molecule has 2 atom stereocenters. The lowest BCUT2D eigenvalue weighted by molar-refractivity contribution is -0.127. The van der Waals surface area contributed by atoms with E-state index in [0.29, 0.717) is 31.1 Å². The SMILES string of the molecule is C=CC(=O)N1CC[C@@H]2[C@H]1CN2c1nc(OCC23CCCN2CCC3)nc2cc(-c3cccc4ccc(F)c(Cl)c34)ccc12. The summed E-state index contributed by atoms with van der Waals surface area (Å²) in [5.74, 6) is 0.369. The van der Waals surface area contributed by atoms with Crippen LogP contribution in [0.1, 0.15) is 32.1 Å². The lowest BCUT2D eigenvalue weighted by Gasteiger charge is -2.47. The summed E-state index contributed by atoms with van der Waals surface area (Å²) in [5.41, 5.74) is 2.57. The summed E-state index contributed by atoms with van der Waals surface area (Å²) < 4.78 is 21.0. The zero-order chi connectivity index (χ0) is 29.3. The van der Waals surface area contributed by atoms with Gasteiger partial charge in [-0.3, -0.25) is 9.69 Å². The van der Waals surface area contributed by atoms with E-state index in [9.17, 15) is 9.18 Å². The largest absolute Gasteiger partial charge is 0.461 e. The molecule has 7 nitrogen and oxygen atoms in total. The number of rotatable bonds is 6. The fourth-order valence-corrected chi connectivity index (χ4v) is 8.28. The zero-order valence-electron chi connectivity index (χ0n) is 23.9. The van der Waals surface area contributed by atoms with Gasteiger partial charge in [0.2, 0.25) is 5.91 Å².